The summed E-state index contributed by atoms with van der Waals surface area (Å²) in [4.78, 5) is 48.1. The van der Waals surface area contributed by atoms with Gasteiger partial charge in [0.1, 0.15) is 12.7 Å². The van der Waals surface area contributed by atoms with Gasteiger partial charge in [0.15, 0.2) is 6.10 Å². The van der Waals surface area contributed by atoms with E-state index in [0.717, 1.165) is 116 Å². The molecule has 0 radical (unpaired) electrons. The molecular formula is C52H89O11P. The van der Waals surface area contributed by atoms with Gasteiger partial charge in [0, 0.05) is 19.3 Å². The van der Waals surface area contributed by atoms with Crippen LogP contribution in [0.15, 0.2) is 72.9 Å². The molecule has 0 spiro atoms. The number of aliphatic hydroxyl groups excluding tert-OH is 1. The van der Waals surface area contributed by atoms with Crippen molar-refractivity contribution in [2.45, 2.75) is 213 Å². The molecule has 0 aliphatic heterocycles. The number of hydrogen-bond donors (Lipinski definition) is 2. The molecule has 0 amide bonds. The van der Waals surface area contributed by atoms with Crippen LogP contribution in [-0.2, 0) is 42.2 Å². The maximum atomic E-state index is 12.8. The minimum Gasteiger partial charge on any atom is -0.462 e. The second-order valence-corrected chi connectivity index (χ2v) is 17.7. The Kier molecular flexibility index (Phi) is 44.2. The molecule has 368 valence electrons. The van der Waals surface area contributed by atoms with Crippen molar-refractivity contribution in [1.29, 1.82) is 0 Å². The number of phosphoric ester groups is 1. The van der Waals surface area contributed by atoms with Gasteiger partial charge in [-0.1, -0.05) is 158 Å². The molecule has 0 aromatic carbocycles. The number of carbonyl (C=O) groups excluding carboxylic acids is 3. The zero-order valence-corrected chi connectivity index (χ0v) is 41.1. The zero-order chi connectivity index (χ0) is 47.0. The number of rotatable bonds is 45. The summed E-state index contributed by atoms with van der Waals surface area (Å²) in [5.41, 5.74) is 0. The third-order valence-electron chi connectivity index (χ3n) is 10.1. The molecule has 12 heteroatoms. The lowest BCUT2D eigenvalue weighted by Crippen LogP contribution is -2.30. The highest BCUT2D eigenvalue weighted by molar-refractivity contribution is 7.47. The van der Waals surface area contributed by atoms with Crippen LogP contribution < -0.4 is 0 Å². The van der Waals surface area contributed by atoms with Crippen LogP contribution in [0.1, 0.15) is 201 Å². The molecule has 0 heterocycles. The molecule has 3 atom stereocenters. The average Bonchev–Trinajstić information content (AvgIpc) is 3.28. The minimum atomic E-state index is -4.75. The second kappa shape index (κ2) is 46.4. The van der Waals surface area contributed by atoms with Gasteiger partial charge in [-0.15, -0.1) is 0 Å². The van der Waals surface area contributed by atoms with Crippen LogP contribution in [0.5, 0.6) is 0 Å². The van der Waals surface area contributed by atoms with Crippen molar-refractivity contribution in [3.63, 3.8) is 0 Å². The van der Waals surface area contributed by atoms with Crippen LogP contribution in [0, 0.1) is 0 Å². The highest BCUT2D eigenvalue weighted by atomic mass is 31.2. The standard InChI is InChI=1S/C52H89O11P/c1-4-7-10-13-16-19-22-23-24-25-28-29-32-35-38-41-50(54)59-45-49(63-52(56)43-40-37-34-31-27-21-18-15-12-9-6-3)47-61-64(57,58)60-46-48(44-53)62-51(55)42-39-36-33-30-26-20-17-14-11-8-5-2/h7,10,14-19,23-24,28-29,48-49,53H,4-6,8-9,11-13,20-22,25-27,30-47H2,1-3H3,(H,57,58)/b10-7-,17-14-,18-15-,19-16-,24-23-,29-28-. The first-order chi connectivity index (χ1) is 31.2. The fourth-order valence-electron chi connectivity index (χ4n) is 6.25. The Morgan fingerprint density at radius 1 is 0.453 bits per heavy atom. The maximum absolute atomic E-state index is 12.8. The van der Waals surface area contributed by atoms with E-state index in [2.05, 4.69) is 93.7 Å². The number of aliphatic hydroxyl groups is 1. The molecule has 0 bridgehead atoms. The highest BCUT2D eigenvalue weighted by Gasteiger charge is 2.28. The van der Waals surface area contributed by atoms with E-state index in [1.165, 1.54) is 25.7 Å². The van der Waals surface area contributed by atoms with E-state index in [1.807, 2.05) is 0 Å². The quantitative estimate of drug-likeness (QED) is 0.0197. The predicted octanol–water partition coefficient (Wildman–Crippen LogP) is 13.8. The Labute approximate surface area is 388 Å². The first-order valence-electron chi connectivity index (χ1n) is 24.8. The first kappa shape index (κ1) is 60.9. The third kappa shape index (κ3) is 44.1. The van der Waals surface area contributed by atoms with Crippen LogP contribution in [0.3, 0.4) is 0 Å². The van der Waals surface area contributed by atoms with E-state index in [0.29, 0.717) is 19.3 Å². The monoisotopic (exact) mass is 921 g/mol. The van der Waals surface area contributed by atoms with Gasteiger partial charge in [-0.2, -0.15) is 0 Å². The summed E-state index contributed by atoms with van der Waals surface area (Å²) in [6.45, 7) is 4.35. The predicted molar refractivity (Wildman–Crippen MR) is 261 cm³/mol. The van der Waals surface area contributed by atoms with Gasteiger partial charge in [0.25, 0.3) is 0 Å². The number of hydrogen-bond acceptors (Lipinski definition) is 10. The molecule has 0 aliphatic carbocycles. The summed E-state index contributed by atoms with van der Waals surface area (Å²) < 4.78 is 39.2. The van der Waals surface area contributed by atoms with E-state index >= 15 is 0 Å². The number of unbranched alkanes of at least 4 members (excludes halogenated alkanes) is 16. The Balaban J connectivity index is 4.82. The number of carbonyl (C=O) groups is 3. The summed E-state index contributed by atoms with van der Waals surface area (Å²) in [5.74, 6) is -1.54. The van der Waals surface area contributed by atoms with Crippen molar-refractivity contribution >= 4 is 25.7 Å². The van der Waals surface area contributed by atoms with Crippen LogP contribution in [-0.4, -0.2) is 66.5 Å². The van der Waals surface area contributed by atoms with E-state index < -0.39 is 57.8 Å². The molecule has 0 aliphatic rings. The van der Waals surface area contributed by atoms with Crippen molar-refractivity contribution in [2.75, 3.05) is 26.4 Å². The summed E-state index contributed by atoms with van der Waals surface area (Å²) in [7, 11) is -4.75. The topological polar surface area (TPSA) is 155 Å². The summed E-state index contributed by atoms with van der Waals surface area (Å²) in [6.07, 6.45) is 48.8. The van der Waals surface area contributed by atoms with E-state index in [1.54, 1.807) is 0 Å². The SMILES string of the molecule is CC/C=C\C/C=C\C/C=C\C/C=C\CCCCC(=O)OCC(COP(=O)(O)OCC(CO)OC(=O)CCCCCCC/C=C\CCCC)OC(=O)CCCCCCC/C=C\CCCC. The van der Waals surface area contributed by atoms with Crippen molar-refractivity contribution < 1.29 is 52.2 Å². The number of phosphoric acid groups is 1. The van der Waals surface area contributed by atoms with Gasteiger partial charge in [-0.25, -0.2) is 4.57 Å². The fourth-order valence-corrected chi connectivity index (χ4v) is 7.03. The first-order valence-corrected chi connectivity index (χ1v) is 26.3. The largest absolute Gasteiger partial charge is 0.472 e. The minimum absolute atomic E-state index is 0.145. The summed E-state index contributed by atoms with van der Waals surface area (Å²) >= 11 is 0. The molecule has 0 saturated carbocycles. The Morgan fingerprint density at radius 3 is 1.30 bits per heavy atom. The summed E-state index contributed by atoms with van der Waals surface area (Å²) in [6, 6.07) is 0. The van der Waals surface area contributed by atoms with Crippen LogP contribution in [0.4, 0.5) is 0 Å². The molecular weight excluding hydrogens is 832 g/mol. The lowest BCUT2D eigenvalue weighted by atomic mass is 10.1. The van der Waals surface area contributed by atoms with Gasteiger partial charge in [0.2, 0.25) is 0 Å². The molecule has 0 saturated heterocycles. The van der Waals surface area contributed by atoms with Crippen LogP contribution in [0.25, 0.3) is 0 Å². The smallest absolute Gasteiger partial charge is 0.462 e. The highest BCUT2D eigenvalue weighted by Crippen LogP contribution is 2.43. The van der Waals surface area contributed by atoms with Gasteiger partial charge in [-0.05, 0) is 96.3 Å². The van der Waals surface area contributed by atoms with Crippen molar-refractivity contribution in [1.82, 2.24) is 0 Å². The molecule has 0 rings (SSSR count). The molecule has 2 N–H and O–H groups in total. The van der Waals surface area contributed by atoms with Gasteiger partial charge < -0.3 is 24.2 Å². The molecule has 3 unspecified atom stereocenters. The molecule has 64 heavy (non-hydrogen) atoms. The number of esters is 3. The van der Waals surface area contributed by atoms with Crippen LogP contribution in [0.2, 0.25) is 0 Å². The van der Waals surface area contributed by atoms with E-state index in [4.69, 9.17) is 23.3 Å². The molecule has 0 aromatic heterocycles. The van der Waals surface area contributed by atoms with Crippen LogP contribution >= 0.6 is 7.82 Å². The van der Waals surface area contributed by atoms with Gasteiger partial charge in [-0.3, -0.25) is 23.4 Å². The Bertz CT molecular complexity index is 1350. The molecule has 11 nitrogen and oxygen atoms in total. The lowest BCUT2D eigenvalue weighted by Gasteiger charge is -2.21. The van der Waals surface area contributed by atoms with Gasteiger partial charge >= 0.3 is 25.7 Å². The molecule has 0 aromatic rings. The Morgan fingerprint density at radius 2 is 0.812 bits per heavy atom. The lowest BCUT2D eigenvalue weighted by molar-refractivity contribution is -0.161. The summed E-state index contributed by atoms with van der Waals surface area (Å²) in [5, 5.41) is 9.74. The Hall–Kier alpha value is -3.08. The average molecular weight is 921 g/mol. The maximum Gasteiger partial charge on any atom is 0.472 e. The van der Waals surface area contributed by atoms with Crippen molar-refractivity contribution in [3.05, 3.63) is 72.9 Å². The normalized spacial score (nSPS) is 14.1. The fraction of sp³-hybridized carbons (Fsp3) is 0.712. The van der Waals surface area contributed by atoms with Crippen molar-refractivity contribution in [2.24, 2.45) is 0 Å². The zero-order valence-electron chi connectivity index (χ0n) is 40.2. The number of ether oxygens (including phenoxy) is 3. The van der Waals surface area contributed by atoms with E-state index in [-0.39, 0.29) is 25.9 Å². The second-order valence-electron chi connectivity index (χ2n) is 16.2. The van der Waals surface area contributed by atoms with E-state index in [9.17, 15) is 28.9 Å². The van der Waals surface area contributed by atoms with Crippen molar-refractivity contribution in [3.8, 4) is 0 Å². The third-order valence-corrected chi connectivity index (χ3v) is 11.0. The molecule has 0 fully saturated rings. The van der Waals surface area contributed by atoms with Gasteiger partial charge in [0.05, 0.1) is 19.8 Å². The number of allylic oxidation sites excluding steroid dienone is 12.